The third-order valence-corrected chi connectivity index (χ3v) is 8.24. The molecular weight excluding hydrogens is 598 g/mol. The maximum absolute atomic E-state index is 13.9. The maximum Gasteiger partial charge on any atom is 0.408 e. The number of aliphatic hydroxyl groups excluding tert-OH is 1. The molecule has 0 bridgehead atoms. The van der Waals surface area contributed by atoms with Gasteiger partial charge in [-0.25, -0.2) is 4.79 Å². The minimum Gasteiger partial charge on any atom is -0.445 e. The number of nitrogens with zero attached hydrogens (tertiary/aromatic N) is 1. The van der Waals surface area contributed by atoms with Crippen molar-refractivity contribution in [2.45, 2.75) is 76.8 Å². The summed E-state index contributed by atoms with van der Waals surface area (Å²) < 4.78 is 5.42. The van der Waals surface area contributed by atoms with Crippen LogP contribution in [0.15, 0.2) is 72.8 Å². The number of carbonyl (C=O) groups is 4. The Balaban J connectivity index is 1.53. The van der Waals surface area contributed by atoms with Crippen molar-refractivity contribution < 1.29 is 29.0 Å². The maximum atomic E-state index is 13.9. The molecule has 3 aromatic carbocycles. The third-order valence-electron chi connectivity index (χ3n) is 8.24. The van der Waals surface area contributed by atoms with Crippen LogP contribution in [0.1, 0.15) is 50.7 Å². The molecule has 1 aliphatic rings. The molecule has 0 saturated carbocycles. The van der Waals surface area contributed by atoms with Crippen molar-refractivity contribution in [2.24, 2.45) is 11.8 Å². The smallest absolute Gasteiger partial charge is 0.408 e. The van der Waals surface area contributed by atoms with Gasteiger partial charge in [0.25, 0.3) is 0 Å². The zero-order valence-electron chi connectivity index (χ0n) is 26.8. The Kier molecular flexibility index (Phi) is 12.7. The Bertz CT molecular complexity index is 1570. The summed E-state index contributed by atoms with van der Waals surface area (Å²) in [6, 6.07) is 21.2. The topological polar surface area (TPSA) is 170 Å². The van der Waals surface area contributed by atoms with E-state index in [9.17, 15) is 29.5 Å². The first-order valence-electron chi connectivity index (χ1n) is 16.0. The van der Waals surface area contributed by atoms with Crippen molar-refractivity contribution in [2.75, 3.05) is 6.54 Å². The van der Waals surface area contributed by atoms with Crippen molar-refractivity contribution in [3.63, 3.8) is 0 Å². The van der Waals surface area contributed by atoms with Gasteiger partial charge in [0.2, 0.25) is 17.7 Å². The van der Waals surface area contributed by atoms with E-state index in [-0.39, 0.29) is 37.7 Å². The van der Waals surface area contributed by atoms with Crippen molar-refractivity contribution in [3.05, 3.63) is 83.9 Å². The van der Waals surface area contributed by atoms with Crippen LogP contribution in [0.2, 0.25) is 0 Å². The lowest BCUT2D eigenvalue weighted by Gasteiger charge is -2.30. The number of hydrogen-bond acceptors (Lipinski definition) is 7. The van der Waals surface area contributed by atoms with Crippen LogP contribution < -0.4 is 21.3 Å². The lowest BCUT2D eigenvalue weighted by atomic mass is 9.89. The third kappa shape index (κ3) is 10.3. The average Bonchev–Trinajstić information content (AvgIpc) is 3.07. The number of nitrogens with one attached hydrogen (secondary N) is 4. The average molecular weight is 642 g/mol. The van der Waals surface area contributed by atoms with E-state index in [1.54, 1.807) is 6.07 Å². The standard InChI is InChI=1S/C36H43N5O6/c1-23(2)18-30(34(44)39-29(32(42)21-37)20-27-15-9-17-38-33(27)43)40-35(45)31(41-36(46)47-22-24-10-4-3-5-11-24)19-26-14-8-13-25-12-6-7-16-28(25)26/h3-8,10-14,16,23,27,29-32,42H,9,15,17-20,22H2,1-2H3,(H,38,43)(H,39,44)(H,40,45)(H,41,46)/t27-,29-,30-,31-,32-/m0/s1. The molecule has 0 spiro atoms. The van der Waals surface area contributed by atoms with E-state index in [0.29, 0.717) is 13.0 Å². The fourth-order valence-electron chi connectivity index (χ4n) is 5.79. The number of ether oxygens (including phenoxy) is 1. The fourth-order valence-corrected chi connectivity index (χ4v) is 5.79. The summed E-state index contributed by atoms with van der Waals surface area (Å²) in [5, 5.41) is 32.8. The highest BCUT2D eigenvalue weighted by Gasteiger charge is 2.33. The molecule has 4 rings (SSSR count). The van der Waals surface area contributed by atoms with E-state index in [1.807, 2.05) is 86.6 Å². The van der Waals surface area contributed by atoms with Gasteiger partial charge in [0.05, 0.1) is 12.1 Å². The van der Waals surface area contributed by atoms with Gasteiger partial charge in [-0.05, 0) is 53.5 Å². The van der Waals surface area contributed by atoms with Crippen molar-refractivity contribution in [1.82, 2.24) is 21.3 Å². The monoisotopic (exact) mass is 641 g/mol. The second-order valence-corrected chi connectivity index (χ2v) is 12.3. The van der Waals surface area contributed by atoms with E-state index >= 15 is 0 Å². The number of hydrogen-bond donors (Lipinski definition) is 5. The molecule has 1 heterocycles. The molecule has 248 valence electrons. The van der Waals surface area contributed by atoms with Gasteiger partial charge in [-0.3, -0.25) is 14.4 Å². The lowest BCUT2D eigenvalue weighted by Crippen LogP contribution is -2.57. The zero-order valence-corrected chi connectivity index (χ0v) is 26.8. The van der Waals surface area contributed by atoms with E-state index in [4.69, 9.17) is 4.74 Å². The largest absolute Gasteiger partial charge is 0.445 e. The van der Waals surface area contributed by atoms with Crippen LogP contribution >= 0.6 is 0 Å². The Morgan fingerprint density at radius 1 is 0.957 bits per heavy atom. The Morgan fingerprint density at radius 3 is 2.38 bits per heavy atom. The highest BCUT2D eigenvalue weighted by molar-refractivity contribution is 5.93. The molecule has 5 atom stereocenters. The molecule has 1 saturated heterocycles. The first kappa shape index (κ1) is 34.9. The van der Waals surface area contributed by atoms with Gasteiger partial charge in [-0.15, -0.1) is 0 Å². The summed E-state index contributed by atoms with van der Waals surface area (Å²) in [4.78, 5) is 52.9. The van der Waals surface area contributed by atoms with Crippen LogP contribution in [-0.2, 0) is 32.1 Å². The molecule has 5 N–H and O–H groups in total. The van der Waals surface area contributed by atoms with Crippen LogP contribution in [0.5, 0.6) is 0 Å². The number of carbonyl (C=O) groups excluding carboxylic acids is 4. The van der Waals surface area contributed by atoms with Crippen LogP contribution in [0.25, 0.3) is 10.8 Å². The predicted molar refractivity (Wildman–Crippen MR) is 176 cm³/mol. The number of benzene rings is 3. The molecular formula is C36H43N5O6. The molecule has 1 aliphatic heterocycles. The molecule has 0 unspecified atom stereocenters. The summed E-state index contributed by atoms with van der Waals surface area (Å²) in [6.07, 6.45) is -0.569. The molecule has 0 aromatic heterocycles. The molecule has 0 aliphatic carbocycles. The second-order valence-electron chi connectivity index (χ2n) is 12.3. The number of nitriles is 1. The summed E-state index contributed by atoms with van der Waals surface area (Å²) in [5.74, 6) is -1.87. The number of amides is 4. The molecule has 4 amide bonds. The lowest BCUT2D eigenvalue weighted by molar-refractivity contribution is -0.131. The van der Waals surface area contributed by atoms with Gasteiger partial charge in [0.1, 0.15) is 18.7 Å². The first-order valence-corrected chi connectivity index (χ1v) is 16.0. The molecule has 11 nitrogen and oxygen atoms in total. The first-order chi connectivity index (χ1) is 22.6. The summed E-state index contributed by atoms with van der Waals surface area (Å²) in [7, 11) is 0. The SMILES string of the molecule is CC(C)C[C@H](NC(=O)[C@H](Cc1cccc2ccccc12)NC(=O)OCc1ccccc1)C(=O)N[C@@H](C[C@@H]1CCCNC1=O)[C@@H](O)C#N. The van der Waals surface area contributed by atoms with Gasteiger partial charge < -0.3 is 31.1 Å². The van der Waals surface area contributed by atoms with Crippen LogP contribution in [-0.4, -0.2) is 59.7 Å². The van der Waals surface area contributed by atoms with Gasteiger partial charge in [0.15, 0.2) is 6.10 Å². The minimum atomic E-state index is -1.55. The zero-order chi connectivity index (χ0) is 33.8. The number of aliphatic hydroxyl groups is 1. The number of fused-ring (bicyclic) bond motifs is 1. The summed E-state index contributed by atoms with van der Waals surface area (Å²) in [6.45, 7) is 4.36. The fraction of sp³-hybridized carbons (Fsp3) is 0.417. The number of alkyl carbamates (subject to hydrolysis) is 1. The van der Waals surface area contributed by atoms with Crippen molar-refractivity contribution in [3.8, 4) is 6.07 Å². The van der Waals surface area contributed by atoms with Crippen molar-refractivity contribution >= 4 is 34.6 Å². The van der Waals surface area contributed by atoms with E-state index in [2.05, 4.69) is 21.3 Å². The molecule has 11 heteroatoms. The van der Waals surface area contributed by atoms with Crippen LogP contribution in [0, 0.1) is 23.2 Å². The molecule has 3 aromatic rings. The summed E-state index contributed by atoms with van der Waals surface area (Å²) >= 11 is 0. The minimum absolute atomic E-state index is 0.00921. The Hall–Kier alpha value is -4.95. The number of rotatable bonds is 14. The Morgan fingerprint density at radius 2 is 1.66 bits per heavy atom. The van der Waals surface area contributed by atoms with Gasteiger partial charge in [-0.2, -0.15) is 5.26 Å². The van der Waals surface area contributed by atoms with Crippen LogP contribution in [0.4, 0.5) is 4.79 Å². The highest BCUT2D eigenvalue weighted by Crippen LogP contribution is 2.21. The Labute approximate surface area is 275 Å². The van der Waals surface area contributed by atoms with Gasteiger partial charge in [-0.1, -0.05) is 86.6 Å². The van der Waals surface area contributed by atoms with E-state index in [0.717, 1.165) is 28.3 Å². The molecule has 1 fully saturated rings. The van der Waals surface area contributed by atoms with Gasteiger partial charge >= 0.3 is 6.09 Å². The molecule has 47 heavy (non-hydrogen) atoms. The summed E-state index contributed by atoms with van der Waals surface area (Å²) in [5.41, 5.74) is 1.60. The van der Waals surface area contributed by atoms with Gasteiger partial charge in [0, 0.05) is 18.9 Å². The normalized spacial score (nSPS) is 17.0. The van der Waals surface area contributed by atoms with E-state index < -0.39 is 48.1 Å². The highest BCUT2D eigenvalue weighted by atomic mass is 16.5. The quantitative estimate of drug-likeness (QED) is 0.168. The predicted octanol–water partition coefficient (Wildman–Crippen LogP) is 3.49. The van der Waals surface area contributed by atoms with E-state index in [1.165, 1.54) is 0 Å². The van der Waals surface area contributed by atoms with Crippen LogP contribution in [0.3, 0.4) is 0 Å². The number of piperidine rings is 1. The molecule has 0 radical (unpaired) electrons. The van der Waals surface area contributed by atoms with Crippen molar-refractivity contribution in [1.29, 1.82) is 5.26 Å². The second kappa shape index (κ2) is 17.1.